The van der Waals surface area contributed by atoms with Gasteiger partial charge in [0.25, 0.3) is 5.69 Å². The fourth-order valence-corrected chi connectivity index (χ4v) is 1.90. The molecule has 0 atom stereocenters. The Morgan fingerprint density at radius 2 is 1.95 bits per heavy atom. The number of ether oxygens (including phenoxy) is 1. The third-order valence-corrected chi connectivity index (χ3v) is 2.70. The summed E-state index contributed by atoms with van der Waals surface area (Å²) in [5.41, 5.74) is 7.14. The van der Waals surface area contributed by atoms with Gasteiger partial charge in [0.05, 0.1) is 17.1 Å². The molecular weight excluding hydrogens is 244 g/mol. The minimum atomic E-state index is -0.436. The van der Waals surface area contributed by atoms with Gasteiger partial charge in [-0.1, -0.05) is 18.2 Å². The molecule has 0 saturated heterocycles. The van der Waals surface area contributed by atoms with Crippen LogP contribution >= 0.6 is 0 Å². The first-order valence-corrected chi connectivity index (χ1v) is 5.89. The van der Waals surface area contributed by atoms with Crippen molar-refractivity contribution in [1.29, 1.82) is 0 Å². The molecule has 0 heterocycles. The molecule has 0 radical (unpaired) electrons. The van der Waals surface area contributed by atoms with Crippen LogP contribution in [0.1, 0.15) is 6.92 Å². The van der Waals surface area contributed by atoms with Crippen LogP contribution < -0.4 is 10.5 Å². The van der Waals surface area contributed by atoms with Gasteiger partial charge in [-0.3, -0.25) is 10.1 Å². The van der Waals surface area contributed by atoms with E-state index < -0.39 is 4.92 Å². The summed E-state index contributed by atoms with van der Waals surface area (Å²) >= 11 is 0. The van der Waals surface area contributed by atoms with E-state index in [0.29, 0.717) is 29.2 Å². The van der Waals surface area contributed by atoms with Crippen molar-refractivity contribution in [2.24, 2.45) is 0 Å². The third-order valence-electron chi connectivity index (χ3n) is 2.70. The Balaban J connectivity index is 2.62. The fraction of sp³-hybridized carbons (Fsp3) is 0.143. The number of hydrogen-bond acceptors (Lipinski definition) is 4. The number of para-hydroxylation sites is 1. The molecule has 0 amide bonds. The maximum Gasteiger partial charge on any atom is 0.279 e. The van der Waals surface area contributed by atoms with E-state index in [-0.39, 0.29) is 5.69 Å². The Hall–Kier alpha value is -2.56. The predicted octanol–water partition coefficient (Wildman–Crippen LogP) is 3.24. The smallest absolute Gasteiger partial charge is 0.279 e. The van der Waals surface area contributed by atoms with Crippen LogP contribution in [0.5, 0.6) is 5.75 Å². The SMILES string of the molecule is CCOc1ccccc1-c1ccc(N)cc1[N+](=O)[O-]. The number of nitrogens with zero attached hydrogens (tertiary/aromatic N) is 1. The van der Waals surface area contributed by atoms with Gasteiger partial charge in [0.2, 0.25) is 0 Å². The van der Waals surface area contributed by atoms with E-state index in [1.807, 2.05) is 19.1 Å². The van der Waals surface area contributed by atoms with Gasteiger partial charge in [0, 0.05) is 17.3 Å². The topological polar surface area (TPSA) is 78.4 Å². The molecule has 2 N–H and O–H groups in total. The number of nitrogens with two attached hydrogens (primary N) is 1. The van der Waals surface area contributed by atoms with Gasteiger partial charge in [-0.05, 0) is 25.1 Å². The number of benzene rings is 2. The number of nitro benzene ring substituents is 1. The summed E-state index contributed by atoms with van der Waals surface area (Å²) in [6, 6.07) is 11.9. The molecule has 5 nitrogen and oxygen atoms in total. The lowest BCUT2D eigenvalue weighted by Gasteiger charge is -2.10. The summed E-state index contributed by atoms with van der Waals surface area (Å²) in [4.78, 5) is 10.7. The molecule has 98 valence electrons. The summed E-state index contributed by atoms with van der Waals surface area (Å²) in [7, 11) is 0. The Kier molecular flexibility index (Phi) is 3.66. The summed E-state index contributed by atoms with van der Waals surface area (Å²) in [5.74, 6) is 0.623. The van der Waals surface area contributed by atoms with Crippen LogP contribution in [0.2, 0.25) is 0 Å². The van der Waals surface area contributed by atoms with Crippen molar-refractivity contribution >= 4 is 11.4 Å². The fourth-order valence-electron chi connectivity index (χ4n) is 1.90. The van der Waals surface area contributed by atoms with Crippen molar-refractivity contribution in [3.63, 3.8) is 0 Å². The summed E-state index contributed by atoms with van der Waals surface area (Å²) < 4.78 is 5.50. The van der Waals surface area contributed by atoms with Crippen LogP contribution in [0.4, 0.5) is 11.4 Å². The summed E-state index contributed by atoms with van der Waals surface area (Å²) in [6.45, 7) is 2.37. The maximum absolute atomic E-state index is 11.1. The molecule has 19 heavy (non-hydrogen) atoms. The second-order valence-electron chi connectivity index (χ2n) is 3.96. The number of anilines is 1. The Labute approximate surface area is 110 Å². The van der Waals surface area contributed by atoms with Crippen molar-refractivity contribution in [2.45, 2.75) is 6.92 Å². The normalized spacial score (nSPS) is 10.2. The second kappa shape index (κ2) is 5.39. The lowest BCUT2D eigenvalue weighted by molar-refractivity contribution is -0.384. The first-order chi connectivity index (χ1) is 9.13. The van der Waals surface area contributed by atoms with Crippen LogP contribution in [0, 0.1) is 10.1 Å². The van der Waals surface area contributed by atoms with Crippen LogP contribution in [-0.4, -0.2) is 11.5 Å². The molecule has 2 aromatic carbocycles. The molecule has 0 bridgehead atoms. The van der Waals surface area contributed by atoms with Crippen molar-refractivity contribution in [1.82, 2.24) is 0 Å². The van der Waals surface area contributed by atoms with E-state index in [1.54, 1.807) is 24.3 Å². The maximum atomic E-state index is 11.1. The lowest BCUT2D eigenvalue weighted by atomic mass is 10.0. The molecule has 0 saturated carbocycles. The molecule has 5 heteroatoms. The van der Waals surface area contributed by atoms with Gasteiger partial charge in [-0.2, -0.15) is 0 Å². The number of rotatable bonds is 4. The minimum absolute atomic E-state index is 0.0212. The van der Waals surface area contributed by atoms with Crippen molar-refractivity contribution in [3.05, 3.63) is 52.6 Å². The van der Waals surface area contributed by atoms with Crippen molar-refractivity contribution < 1.29 is 9.66 Å². The van der Waals surface area contributed by atoms with E-state index >= 15 is 0 Å². The Morgan fingerprint density at radius 3 is 2.63 bits per heavy atom. The average Bonchev–Trinajstić information content (AvgIpc) is 2.40. The van der Waals surface area contributed by atoms with Gasteiger partial charge in [0.1, 0.15) is 5.75 Å². The molecule has 2 rings (SSSR count). The van der Waals surface area contributed by atoms with E-state index in [2.05, 4.69) is 0 Å². The van der Waals surface area contributed by atoms with Crippen LogP contribution in [-0.2, 0) is 0 Å². The molecule has 0 aromatic heterocycles. The molecule has 0 spiro atoms. The monoisotopic (exact) mass is 258 g/mol. The highest BCUT2D eigenvalue weighted by Crippen LogP contribution is 2.37. The Morgan fingerprint density at radius 1 is 1.21 bits per heavy atom. The standard InChI is InChI=1S/C14H14N2O3/c1-2-19-14-6-4-3-5-12(14)11-8-7-10(15)9-13(11)16(17)18/h3-9H,2,15H2,1H3. The van der Waals surface area contributed by atoms with Crippen molar-refractivity contribution in [2.75, 3.05) is 12.3 Å². The van der Waals surface area contributed by atoms with E-state index in [9.17, 15) is 10.1 Å². The van der Waals surface area contributed by atoms with Gasteiger partial charge >= 0.3 is 0 Å². The highest BCUT2D eigenvalue weighted by atomic mass is 16.6. The minimum Gasteiger partial charge on any atom is -0.493 e. The quantitative estimate of drug-likeness (QED) is 0.518. The number of nitrogen functional groups attached to an aromatic ring is 1. The zero-order valence-electron chi connectivity index (χ0n) is 10.5. The highest BCUT2D eigenvalue weighted by molar-refractivity contribution is 5.80. The van der Waals surface area contributed by atoms with Gasteiger partial charge < -0.3 is 10.5 Å². The zero-order chi connectivity index (χ0) is 13.8. The zero-order valence-corrected chi connectivity index (χ0v) is 10.5. The van der Waals surface area contributed by atoms with Crippen molar-refractivity contribution in [3.8, 4) is 16.9 Å². The molecule has 2 aromatic rings. The molecule has 0 aliphatic heterocycles. The van der Waals surface area contributed by atoms with E-state index in [0.717, 1.165) is 0 Å². The van der Waals surface area contributed by atoms with Crippen LogP contribution in [0.25, 0.3) is 11.1 Å². The summed E-state index contributed by atoms with van der Waals surface area (Å²) in [5, 5.41) is 11.1. The average molecular weight is 258 g/mol. The first kappa shape index (κ1) is 12.9. The van der Waals surface area contributed by atoms with Gasteiger partial charge in [-0.25, -0.2) is 0 Å². The second-order valence-corrected chi connectivity index (χ2v) is 3.96. The van der Waals surface area contributed by atoms with Gasteiger partial charge in [-0.15, -0.1) is 0 Å². The van der Waals surface area contributed by atoms with E-state index in [1.165, 1.54) is 6.07 Å². The highest BCUT2D eigenvalue weighted by Gasteiger charge is 2.18. The number of hydrogen-bond donors (Lipinski definition) is 1. The number of nitro groups is 1. The van der Waals surface area contributed by atoms with Crippen LogP contribution in [0.3, 0.4) is 0 Å². The first-order valence-electron chi connectivity index (χ1n) is 5.89. The van der Waals surface area contributed by atoms with E-state index in [4.69, 9.17) is 10.5 Å². The molecule has 0 unspecified atom stereocenters. The third kappa shape index (κ3) is 2.65. The lowest BCUT2D eigenvalue weighted by Crippen LogP contribution is -1.97. The Bertz CT molecular complexity index is 611. The van der Waals surface area contributed by atoms with Gasteiger partial charge in [0.15, 0.2) is 0 Å². The molecule has 0 fully saturated rings. The molecule has 0 aliphatic carbocycles. The summed E-state index contributed by atoms with van der Waals surface area (Å²) in [6.07, 6.45) is 0. The molecular formula is C14H14N2O3. The largest absolute Gasteiger partial charge is 0.493 e. The van der Waals surface area contributed by atoms with Crippen LogP contribution in [0.15, 0.2) is 42.5 Å². The predicted molar refractivity (Wildman–Crippen MR) is 74.1 cm³/mol. The molecule has 0 aliphatic rings.